The van der Waals surface area contributed by atoms with Crippen LogP contribution < -0.4 is 15.4 Å². The number of hydrogen-bond donors (Lipinski definition) is 3. The number of rotatable bonds is 8. The van der Waals surface area contributed by atoms with Crippen molar-refractivity contribution in [2.24, 2.45) is 4.99 Å². The number of aliphatic hydroxyl groups excluding tert-OH is 1. The molecule has 134 valence electrons. The maximum Gasteiger partial charge on any atom is 0.191 e. The van der Waals surface area contributed by atoms with Gasteiger partial charge in [-0.25, -0.2) is 0 Å². The van der Waals surface area contributed by atoms with E-state index < -0.39 is 6.10 Å². The molecule has 0 aromatic heterocycles. The van der Waals surface area contributed by atoms with E-state index in [1.165, 1.54) is 0 Å². The van der Waals surface area contributed by atoms with E-state index in [0.717, 1.165) is 43.9 Å². The lowest BCUT2D eigenvalue weighted by Crippen LogP contribution is -2.41. The summed E-state index contributed by atoms with van der Waals surface area (Å²) in [6, 6.07) is 7.78. The third-order valence-electron chi connectivity index (χ3n) is 3.76. The minimum atomic E-state index is -0.649. The van der Waals surface area contributed by atoms with E-state index in [4.69, 9.17) is 9.47 Å². The van der Waals surface area contributed by atoms with E-state index in [2.05, 4.69) is 15.6 Å². The molecular weight excluding hydrogens is 306 g/mol. The number of ether oxygens (including phenoxy) is 2. The van der Waals surface area contributed by atoms with Crippen LogP contribution in [-0.4, -0.2) is 56.1 Å². The van der Waals surface area contributed by atoms with Gasteiger partial charge in [-0.1, -0.05) is 12.1 Å². The summed E-state index contributed by atoms with van der Waals surface area (Å²) < 4.78 is 11.2. The Kier molecular flexibility index (Phi) is 7.85. The zero-order valence-electron chi connectivity index (χ0n) is 14.6. The first-order chi connectivity index (χ1) is 11.7. The van der Waals surface area contributed by atoms with E-state index in [-0.39, 0.29) is 19.3 Å². The fraction of sp³-hybridized carbons (Fsp3) is 0.611. The molecule has 0 radical (unpaired) electrons. The van der Waals surface area contributed by atoms with Gasteiger partial charge in [0.05, 0.1) is 12.6 Å². The third-order valence-corrected chi connectivity index (χ3v) is 3.76. The number of aryl methyl sites for hydroxylation is 1. The topological polar surface area (TPSA) is 75.1 Å². The van der Waals surface area contributed by atoms with Gasteiger partial charge in [0.25, 0.3) is 0 Å². The number of nitrogens with zero attached hydrogens (tertiary/aromatic N) is 1. The van der Waals surface area contributed by atoms with E-state index in [1.54, 1.807) is 0 Å². The zero-order chi connectivity index (χ0) is 17.2. The van der Waals surface area contributed by atoms with Crippen LogP contribution in [0.4, 0.5) is 0 Å². The van der Waals surface area contributed by atoms with Gasteiger partial charge in [-0.2, -0.15) is 0 Å². The van der Waals surface area contributed by atoms with Crippen LogP contribution in [0.3, 0.4) is 0 Å². The zero-order valence-corrected chi connectivity index (χ0v) is 14.6. The molecule has 1 aromatic carbocycles. The number of benzene rings is 1. The van der Waals surface area contributed by atoms with Crippen LogP contribution in [0.15, 0.2) is 29.3 Å². The van der Waals surface area contributed by atoms with Crippen molar-refractivity contribution in [3.8, 4) is 5.75 Å². The molecule has 1 saturated heterocycles. The summed E-state index contributed by atoms with van der Waals surface area (Å²) in [4.78, 5) is 4.41. The minimum absolute atomic E-state index is 0.220. The van der Waals surface area contributed by atoms with Crippen LogP contribution in [-0.2, 0) is 4.74 Å². The summed E-state index contributed by atoms with van der Waals surface area (Å²) in [6.45, 7) is 6.88. The highest BCUT2D eigenvalue weighted by atomic mass is 16.5. The van der Waals surface area contributed by atoms with Gasteiger partial charge in [-0.3, -0.25) is 4.99 Å². The van der Waals surface area contributed by atoms with Crippen molar-refractivity contribution < 1.29 is 14.6 Å². The van der Waals surface area contributed by atoms with Gasteiger partial charge in [-0.15, -0.1) is 0 Å². The SMILES string of the molecule is CCNC(=NCC(O)COc1cccc(C)c1)NCC1CCCO1. The van der Waals surface area contributed by atoms with Gasteiger partial charge >= 0.3 is 0 Å². The monoisotopic (exact) mass is 335 g/mol. The van der Waals surface area contributed by atoms with Crippen LogP contribution in [0.1, 0.15) is 25.3 Å². The second-order valence-corrected chi connectivity index (χ2v) is 6.02. The molecule has 6 nitrogen and oxygen atoms in total. The van der Waals surface area contributed by atoms with Crippen molar-refractivity contribution in [1.82, 2.24) is 10.6 Å². The number of hydrogen-bond acceptors (Lipinski definition) is 4. The molecule has 1 aromatic rings. The van der Waals surface area contributed by atoms with Gasteiger partial charge in [0.15, 0.2) is 5.96 Å². The molecule has 1 fully saturated rings. The molecule has 2 atom stereocenters. The molecule has 6 heteroatoms. The van der Waals surface area contributed by atoms with Gasteiger partial charge in [0.1, 0.15) is 18.5 Å². The van der Waals surface area contributed by atoms with Crippen LogP contribution in [0.2, 0.25) is 0 Å². The van der Waals surface area contributed by atoms with Crippen molar-refractivity contribution in [2.75, 3.05) is 32.8 Å². The van der Waals surface area contributed by atoms with Crippen LogP contribution in [0.25, 0.3) is 0 Å². The molecule has 1 aliphatic heterocycles. The van der Waals surface area contributed by atoms with Crippen molar-refractivity contribution in [2.45, 2.75) is 38.9 Å². The molecule has 2 rings (SSSR count). The number of aliphatic imine (C=N–C) groups is 1. The smallest absolute Gasteiger partial charge is 0.191 e. The molecule has 0 spiro atoms. The second kappa shape index (κ2) is 10.2. The first-order valence-electron chi connectivity index (χ1n) is 8.68. The molecular formula is C18H29N3O3. The lowest BCUT2D eigenvalue weighted by Gasteiger charge is -2.16. The fourth-order valence-corrected chi connectivity index (χ4v) is 2.50. The summed E-state index contributed by atoms with van der Waals surface area (Å²) in [5.41, 5.74) is 1.13. The van der Waals surface area contributed by atoms with Gasteiger partial charge in [0, 0.05) is 19.7 Å². The Balaban J connectivity index is 1.74. The molecule has 1 heterocycles. The summed E-state index contributed by atoms with van der Waals surface area (Å²) in [5, 5.41) is 16.5. The van der Waals surface area contributed by atoms with Crippen LogP contribution in [0.5, 0.6) is 5.75 Å². The molecule has 0 aliphatic carbocycles. The normalized spacial score (nSPS) is 19.1. The molecule has 1 aliphatic rings. The number of aliphatic hydroxyl groups is 1. The first-order valence-corrected chi connectivity index (χ1v) is 8.68. The predicted octanol–water partition coefficient (Wildman–Crippen LogP) is 1.47. The lowest BCUT2D eigenvalue weighted by atomic mass is 10.2. The maximum atomic E-state index is 10.1. The van der Waals surface area contributed by atoms with Crippen molar-refractivity contribution in [3.05, 3.63) is 29.8 Å². The standard InChI is InChI=1S/C18H29N3O3/c1-3-19-18(21-12-17-8-5-9-23-17)20-11-15(22)13-24-16-7-4-6-14(2)10-16/h4,6-7,10,15,17,22H,3,5,8-9,11-13H2,1-2H3,(H2,19,20,21). The molecule has 0 bridgehead atoms. The summed E-state index contributed by atoms with van der Waals surface area (Å²) >= 11 is 0. The quantitative estimate of drug-likeness (QED) is 0.495. The Morgan fingerprint density at radius 2 is 2.33 bits per heavy atom. The maximum absolute atomic E-state index is 10.1. The van der Waals surface area contributed by atoms with Gasteiger partial charge in [0.2, 0.25) is 0 Å². The first kappa shape index (κ1) is 18.5. The Bertz CT molecular complexity index is 516. The Hall–Kier alpha value is -1.79. The highest BCUT2D eigenvalue weighted by Gasteiger charge is 2.15. The third kappa shape index (κ3) is 6.76. The van der Waals surface area contributed by atoms with Crippen LogP contribution >= 0.6 is 0 Å². The molecule has 24 heavy (non-hydrogen) atoms. The second-order valence-electron chi connectivity index (χ2n) is 6.02. The molecule has 0 amide bonds. The highest BCUT2D eigenvalue weighted by Crippen LogP contribution is 2.12. The van der Waals surface area contributed by atoms with Crippen molar-refractivity contribution >= 4 is 5.96 Å². The Morgan fingerprint density at radius 3 is 3.04 bits per heavy atom. The predicted molar refractivity (Wildman–Crippen MR) is 95.6 cm³/mol. The molecule has 0 saturated carbocycles. The van der Waals surface area contributed by atoms with Crippen molar-refractivity contribution in [1.29, 1.82) is 0 Å². The van der Waals surface area contributed by atoms with E-state index in [1.807, 2.05) is 38.1 Å². The Labute approximate surface area is 144 Å². The Morgan fingerprint density at radius 1 is 1.46 bits per heavy atom. The average molecular weight is 335 g/mol. The molecule has 2 unspecified atom stereocenters. The molecule has 3 N–H and O–H groups in total. The summed E-state index contributed by atoms with van der Waals surface area (Å²) in [6.07, 6.45) is 1.81. The van der Waals surface area contributed by atoms with E-state index >= 15 is 0 Å². The highest BCUT2D eigenvalue weighted by molar-refractivity contribution is 5.79. The van der Waals surface area contributed by atoms with E-state index in [9.17, 15) is 5.11 Å². The fourth-order valence-electron chi connectivity index (χ4n) is 2.50. The minimum Gasteiger partial charge on any atom is -0.491 e. The number of guanidine groups is 1. The average Bonchev–Trinajstić information content (AvgIpc) is 3.09. The van der Waals surface area contributed by atoms with Crippen LogP contribution in [0, 0.1) is 6.92 Å². The van der Waals surface area contributed by atoms with Crippen molar-refractivity contribution in [3.63, 3.8) is 0 Å². The summed E-state index contributed by atoms with van der Waals surface area (Å²) in [7, 11) is 0. The van der Waals surface area contributed by atoms with Gasteiger partial charge < -0.3 is 25.2 Å². The van der Waals surface area contributed by atoms with Gasteiger partial charge in [-0.05, 0) is 44.4 Å². The lowest BCUT2D eigenvalue weighted by molar-refractivity contribution is 0.112. The number of nitrogens with one attached hydrogen (secondary N) is 2. The van der Waals surface area contributed by atoms with E-state index in [0.29, 0.717) is 5.96 Å². The summed E-state index contributed by atoms with van der Waals surface area (Å²) in [5.74, 6) is 1.46. The largest absolute Gasteiger partial charge is 0.491 e.